The van der Waals surface area contributed by atoms with Crippen LogP contribution in [0.3, 0.4) is 0 Å². The van der Waals surface area contributed by atoms with Crippen LogP contribution in [0.2, 0.25) is 0 Å². The summed E-state index contributed by atoms with van der Waals surface area (Å²) in [5.74, 6) is -2.89. The Morgan fingerprint density at radius 1 is 1.29 bits per heavy atom. The van der Waals surface area contributed by atoms with E-state index in [2.05, 4.69) is 17.2 Å². The summed E-state index contributed by atoms with van der Waals surface area (Å²) in [6, 6.07) is 0. The number of alkyl carbamates (subject to hydrolysis) is 1. The van der Waals surface area contributed by atoms with Crippen LogP contribution >= 0.6 is 0 Å². The number of aliphatic hydroxyl groups is 2. The lowest BCUT2D eigenvalue weighted by molar-refractivity contribution is -0.219. The quantitative estimate of drug-likeness (QED) is 0.394. The number of fused-ring (bicyclic) bond motifs is 5. The van der Waals surface area contributed by atoms with E-state index in [1.807, 2.05) is 0 Å². The number of amides is 2. The van der Waals surface area contributed by atoms with Gasteiger partial charge in [0.25, 0.3) is 0 Å². The van der Waals surface area contributed by atoms with Crippen LogP contribution in [0, 0.1) is 28.6 Å². The number of Topliss-reactive ketones (excluding diaryl/α,β-unsaturated/α-hetero) is 1. The van der Waals surface area contributed by atoms with Crippen molar-refractivity contribution in [2.45, 2.75) is 70.2 Å². The van der Waals surface area contributed by atoms with Crippen LogP contribution in [0.1, 0.15) is 52.9 Å². The molecule has 2 amide bonds. The number of carbonyl (C=O) groups is 4. The zero-order chi connectivity index (χ0) is 28.1. The average molecular weight is 533 g/mol. The fourth-order valence-electron chi connectivity index (χ4n) is 7.90. The van der Waals surface area contributed by atoms with Gasteiger partial charge in [0, 0.05) is 29.7 Å². The molecule has 0 aromatic carbocycles. The molecular formula is C28H37FN2O7. The van der Waals surface area contributed by atoms with Crippen LogP contribution in [0.25, 0.3) is 0 Å². The van der Waals surface area contributed by atoms with Gasteiger partial charge in [-0.3, -0.25) is 14.4 Å². The number of ether oxygens (including phenoxy) is 1. The summed E-state index contributed by atoms with van der Waals surface area (Å²) < 4.78 is 22.2. The van der Waals surface area contributed by atoms with Gasteiger partial charge in [0.1, 0.15) is 5.60 Å². The Kier molecular flexibility index (Phi) is 7.20. The van der Waals surface area contributed by atoms with Crippen LogP contribution in [0.4, 0.5) is 9.18 Å². The number of ketones is 2. The number of halogens is 1. The molecule has 0 spiro atoms. The van der Waals surface area contributed by atoms with Crippen molar-refractivity contribution < 1.29 is 38.5 Å². The first-order chi connectivity index (χ1) is 17.8. The lowest BCUT2D eigenvalue weighted by Gasteiger charge is -2.62. The first kappa shape index (κ1) is 28.2. The van der Waals surface area contributed by atoms with Crippen molar-refractivity contribution in [1.29, 1.82) is 0 Å². The van der Waals surface area contributed by atoms with Crippen molar-refractivity contribution in [3.05, 3.63) is 36.6 Å². The van der Waals surface area contributed by atoms with E-state index in [0.717, 1.165) is 0 Å². The van der Waals surface area contributed by atoms with Gasteiger partial charge in [-0.15, -0.1) is 0 Å². The molecular weight excluding hydrogens is 495 g/mol. The molecule has 0 radical (unpaired) electrons. The molecule has 0 aromatic heterocycles. The summed E-state index contributed by atoms with van der Waals surface area (Å²) in [4.78, 5) is 48.9. The maximum Gasteiger partial charge on any atom is 0.407 e. The van der Waals surface area contributed by atoms with E-state index >= 15 is 4.39 Å². The van der Waals surface area contributed by atoms with E-state index in [-0.39, 0.29) is 31.1 Å². The fraction of sp³-hybridized carbons (Fsp3) is 0.643. The summed E-state index contributed by atoms with van der Waals surface area (Å²) in [6.07, 6.45) is 4.25. The molecule has 0 aromatic rings. The second-order valence-electron chi connectivity index (χ2n) is 11.6. The van der Waals surface area contributed by atoms with E-state index in [1.54, 1.807) is 26.8 Å². The van der Waals surface area contributed by atoms with Gasteiger partial charge in [-0.25, -0.2) is 9.18 Å². The van der Waals surface area contributed by atoms with Crippen LogP contribution in [0.15, 0.2) is 36.6 Å². The molecule has 4 rings (SSSR count). The molecule has 4 aliphatic carbocycles. The standard InChI is InChI=1S/C28H37FN2O7/c1-5-30-23(35)9-11-31-24(36)38-15-22(34)28(37)16(2)12-20-19-7-6-17-13-18(32)8-10-25(17,3)27(19,29)21(33)14-26(20,28)4/h5,8,10,13,16,19-21,33,37H,1,6-7,9,11-12,14-15H2,2-4H3,(H,30,35)(H,31,36)/t16-,19+,20+,21+,25+,26+,27+,28+/m0/s1. The maximum atomic E-state index is 17.2. The molecule has 0 aliphatic heterocycles. The van der Waals surface area contributed by atoms with Crippen molar-refractivity contribution >= 4 is 23.6 Å². The highest BCUT2D eigenvalue weighted by molar-refractivity contribution is 6.01. The van der Waals surface area contributed by atoms with Gasteiger partial charge in [-0.1, -0.05) is 32.1 Å². The minimum Gasteiger partial charge on any atom is -0.441 e. The minimum atomic E-state index is -2.07. The predicted molar refractivity (Wildman–Crippen MR) is 135 cm³/mol. The molecule has 10 heteroatoms. The molecule has 3 saturated carbocycles. The molecule has 4 aliphatic rings. The van der Waals surface area contributed by atoms with Gasteiger partial charge in [-0.2, -0.15) is 0 Å². The second-order valence-corrected chi connectivity index (χ2v) is 11.6. The predicted octanol–water partition coefficient (Wildman–Crippen LogP) is 2.28. The number of alkyl halides is 1. The first-order valence-corrected chi connectivity index (χ1v) is 13.1. The van der Waals surface area contributed by atoms with E-state index in [4.69, 9.17) is 4.74 Å². The van der Waals surface area contributed by atoms with Gasteiger partial charge in [0.05, 0.1) is 6.10 Å². The highest BCUT2D eigenvalue weighted by Gasteiger charge is 2.75. The second kappa shape index (κ2) is 9.72. The number of carbonyl (C=O) groups excluding carboxylic acids is 4. The third kappa shape index (κ3) is 3.95. The molecule has 0 bridgehead atoms. The number of nitrogens with one attached hydrogen (secondary N) is 2. The zero-order valence-electron chi connectivity index (χ0n) is 22.1. The highest BCUT2D eigenvalue weighted by Crippen LogP contribution is 2.70. The minimum absolute atomic E-state index is 0.0147. The average Bonchev–Trinajstić information content (AvgIpc) is 3.05. The van der Waals surface area contributed by atoms with Crippen LogP contribution in [-0.2, 0) is 19.1 Å². The molecule has 0 unspecified atom stereocenters. The van der Waals surface area contributed by atoms with Crippen molar-refractivity contribution in [3.8, 4) is 0 Å². The normalized spacial score (nSPS) is 41.2. The van der Waals surface area contributed by atoms with E-state index in [0.29, 0.717) is 24.8 Å². The van der Waals surface area contributed by atoms with E-state index in [1.165, 1.54) is 18.4 Å². The van der Waals surface area contributed by atoms with Gasteiger partial charge in [0.2, 0.25) is 11.7 Å². The molecule has 0 heterocycles. The Bertz CT molecular complexity index is 1120. The van der Waals surface area contributed by atoms with Gasteiger partial charge >= 0.3 is 6.09 Å². The maximum absolute atomic E-state index is 17.2. The molecule has 9 nitrogen and oxygen atoms in total. The van der Waals surface area contributed by atoms with E-state index in [9.17, 15) is 29.4 Å². The van der Waals surface area contributed by atoms with Crippen LogP contribution in [0.5, 0.6) is 0 Å². The van der Waals surface area contributed by atoms with Gasteiger partial charge in [-0.05, 0) is 62.8 Å². The third-order valence-electron chi connectivity index (χ3n) is 9.87. The first-order valence-electron chi connectivity index (χ1n) is 13.1. The number of allylic oxidation sites excluding steroid dienone is 4. The lowest BCUT2D eigenvalue weighted by atomic mass is 9.44. The topological polar surface area (TPSA) is 142 Å². The largest absolute Gasteiger partial charge is 0.441 e. The van der Waals surface area contributed by atoms with Crippen molar-refractivity contribution in [2.24, 2.45) is 28.6 Å². The number of hydrogen-bond donors (Lipinski definition) is 4. The van der Waals surface area contributed by atoms with Crippen LogP contribution < -0.4 is 10.6 Å². The lowest BCUT2D eigenvalue weighted by Crippen LogP contribution is -2.69. The molecule has 8 atom stereocenters. The molecule has 38 heavy (non-hydrogen) atoms. The third-order valence-corrected chi connectivity index (χ3v) is 9.87. The van der Waals surface area contributed by atoms with Crippen LogP contribution in [-0.4, -0.2) is 64.3 Å². The van der Waals surface area contributed by atoms with Gasteiger partial charge < -0.3 is 25.6 Å². The summed E-state index contributed by atoms with van der Waals surface area (Å²) in [5.41, 5.74) is -5.68. The summed E-state index contributed by atoms with van der Waals surface area (Å²) in [7, 11) is 0. The Hall–Kier alpha value is -2.85. The number of aliphatic hydroxyl groups excluding tert-OH is 1. The summed E-state index contributed by atoms with van der Waals surface area (Å²) >= 11 is 0. The van der Waals surface area contributed by atoms with Crippen molar-refractivity contribution in [3.63, 3.8) is 0 Å². The Labute approximate surface area is 221 Å². The SMILES string of the molecule is C=CNC(=O)CCNC(=O)OCC(=O)[C@]1(O)[C@@H](C)C[C@@H]2[C@H]3CCC4=CC(=O)C=C[C@@]4(C)[C@]3(F)[C@H](O)C[C@]21C. The summed E-state index contributed by atoms with van der Waals surface area (Å²) in [5, 5.41) is 28.0. The molecule has 4 N–H and O–H groups in total. The highest BCUT2D eigenvalue weighted by atomic mass is 19.1. The Balaban J connectivity index is 1.51. The molecule has 0 saturated heterocycles. The summed E-state index contributed by atoms with van der Waals surface area (Å²) in [6.45, 7) is 7.80. The smallest absolute Gasteiger partial charge is 0.407 e. The number of rotatable bonds is 7. The monoisotopic (exact) mass is 532 g/mol. The molecule has 208 valence electrons. The van der Waals surface area contributed by atoms with E-state index < -0.39 is 64.4 Å². The Morgan fingerprint density at radius 3 is 2.68 bits per heavy atom. The van der Waals surface area contributed by atoms with Crippen molar-refractivity contribution in [2.75, 3.05) is 13.2 Å². The zero-order valence-corrected chi connectivity index (χ0v) is 22.1. The fourth-order valence-corrected chi connectivity index (χ4v) is 7.90. The molecule has 3 fully saturated rings. The Morgan fingerprint density at radius 2 is 2.00 bits per heavy atom. The number of hydrogen-bond acceptors (Lipinski definition) is 7. The van der Waals surface area contributed by atoms with Crippen molar-refractivity contribution in [1.82, 2.24) is 10.6 Å². The van der Waals surface area contributed by atoms with Gasteiger partial charge in [0.15, 0.2) is 18.1 Å².